The van der Waals surface area contributed by atoms with Gasteiger partial charge in [-0.15, -0.1) is 0 Å². The highest BCUT2D eigenvalue weighted by Crippen LogP contribution is 2.23. The van der Waals surface area contributed by atoms with E-state index in [0.29, 0.717) is 42.5 Å². The molecule has 0 radical (unpaired) electrons. The number of hydrogen-bond donors (Lipinski definition) is 1. The largest absolute Gasteiger partial charge is 0.497 e. The molecule has 0 unspecified atom stereocenters. The average molecular weight is 623 g/mol. The van der Waals surface area contributed by atoms with Crippen molar-refractivity contribution in [1.82, 2.24) is 14.7 Å². The van der Waals surface area contributed by atoms with E-state index in [-0.39, 0.29) is 10.5 Å². The van der Waals surface area contributed by atoms with Gasteiger partial charge in [-0.2, -0.15) is 0 Å². The Hall–Kier alpha value is -5.22. The summed E-state index contributed by atoms with van der Waals surface area (Å²) >= 11 is 0. The molecular weight excluding hydrogens is 588 g/mol. The zero-order chi connectivity index (χ0) is 31.6. The van der Waals surface area contributed by atoms with Gasteiger partial charge in [0.15, 0.2) is 0 Å². The molecule has 10 heteroatoms. The number of sulfonamides is 1. The summed E-state index contributed by atoms with van der Waals surface area (Å²) in [4.78, 5) is 24.4. The van der Waals surface area contributed by atoms with Gasteiger partial charge in [-0.3, -0.25) is 4.79 Å². The third-order valence-corrected chi connectivity index (χ3v) is 8.49. The van der Waals surface area contributed by atoms with Crippen LogP contribution in [0.3, 0.4) is 0 Å². The van der Waals surface area contributed by atoms with E-state index >= 15 is 0 Å². The van der Waals surface area contributed by atoms with Crippen molar-refractivity contribution in [2.24, 2.45) is 0 Å². The van der Waals surface area contributed by atoms with E-state index in [1.807, 2.05) is 72.6 Å². The van der Waals surface area contributed by atoms with Gasteiger partial charge >= 0.3 is 0 Å². The molecule has 5 aromatic rings. The van der Waals surface area contributed by atoms with Gasteiger partial charge in [-0.05, 0) is 78.9 Å². The Kier molecular flexibility index (Phi) is 10.1. The van der Waals surface area contributed by atoms with Crippen molar-refractivity contribution in [2.45, 2.75) is 24.2 Å². The molecule has 1 N–H and O–H groups in total. The molecule has 4 aromatic carbocycles. The number of methoxy groups -OCH3 is 1. The number of aromatic nitrogens is 2. The topological polar surface area (TPSA) is 111 Å². The lowest BCUT2D eigenvalue weighted by molar-refractivity contribution is 0.0979. The lowest BCUT2D eigenvalue weighted by Gasteiger charge is -2.19. The zero-order valence-corrected chi connectivity index (χ0v) is 25.9. The quantitative estimate of drug-likeness (QED) is 0.174. The molecule has 45 heavy (non-hydrogen) atoms. The van der Waals surface area contributed by atoms with E-state index in [2.05, 4.69) is 21.8 Å². The molecule has 0 fully saturated rings. The minimum Gasteiger partial charge on any atom is -0.497 e. The molecular formula is C35H34N4O5S. The number of likely N-dealkylation sites (N-methyl/N-ethyl adjacent to an activating group) is 1. The van der Waals surface area contributed by atoms with Crippen molar-refractivity contribution in [1.29, 1.82) is 0 Å². The van der Waals surface area contributed by atoms with Crippen molar-refractivity contribution in [3.05, 3.63) is 138 Å². The Morgan fingerprint density at radius 2 is 1.42 bits per heavy atom. The Morgan fingerprint density at radius 1 is 0.778 bits per heavy atom. The Labute approximate surface area is 263 Å². The maximum Gasteiger partial charge on any atom is 0.268 e. The van der Waals surface area contributed by atoms with Crippen molar-refractivity contribution in [3.63, 3.8) is 0 Å². The summed E-state index contributed by atoms with van der Waals surface area (Å²) in [5.41, 5.74) is 2.70. The first-order valence-corrected chi connectivity index (χ1v) is 15.9. The fourth-order valence-electron chi connectivity index (χ4n) is 4.65. The molecule has 1 heterocycles. The average Bonchev–Trinajstić information content (AvgIpc) is 3.07. The number of carbonyl (C=O) groups is 1. The number of ether oxygens (including phenoxy) is 2. The van der Waals surface area contributed by atoms with Crippen LogP contribution in [0.15, 0.2) is 120 Å². The number of para-hydroxylation sites is 1. The van der Waals surface area contributed by atoms with Crippen LogP contribution in [0, 0.1) is 0 Å². The number of rotatable bonds is 13. The van der Waals surface area contributed by atoms with Gasteiger partial charge in [-0.1, -0.05) is 60.7 Å². The smallest absolute Gasteiger partial charge is 0.268 e. The number of nitrogens with one attached hydrogen (secondary N) is 1. The van der Waals surface area contributed by atoms with E-state index in [4.69, 9.17) is 14.5 Å². The van der Waals surface area contributed by atoms with Gasteiger partial charge in [0.2, 0.25) is 5.95 Å². The van der Waals surface area contributed by atoms with Crippen LogP contribution in [0.5, 0.6) is 17.2 Å². The summed E-state index contributed by atoms with van der Waals surface area (Å²) in [5, 5.41) is 0. The normalized spacial score (nSPS) is 11.1. The standard InChI is InChI=1S/C35H34N4O5S/c1-39(23-22-26-10-5-3-6-11-26)35-36-25-32(33(37-35)21-16-27-12-9-15-30(24-27)43-2)34(40)38-45(41,42)31-19-17-29(18-20-31)44-28-13-7-4-8-14-28/h3-15,17-20,24-25H,16,21-23H2,1-2H3,(H,38,40). The van der Waals surface area contributed by atoms with E-state index < -0.39 is 15.9 Å². The highest BCUT2D eigenvalue weighted by atomic mass is 32.2. The second-order valence-electron chi connectivity index (χ2n) is 10.4. The first kappa shape index (κ1) is 31.2. The predicted molar refractivity (Wildman–Crippen MR) is 173 cm³/mol. The molecule has 1 amide bonds. The van der Waals surface area contributed by atoms with Crippen molar-refractivity contribution in [2.75, 3.05) is 25.6 Å². The minimum absolute atomic E-state index is 0.0765. The van der Waals surface area contributed by atoms with Crippen LogP contribution in [0.4, 0.5) is 5.95 Å². The van der Waals surface area contributed by atoms with Gasteiger partial charge in [-0.25, -0.2) is 23.1 Å². The SMILES string of the molecule is COc1cccc(CCc2nc(N(C)CCc3ccccc3)ncc2C(=O)NS(=O)(=O)c2ccc(Oc3ccccc3)cc2)c1. The number of anilines is 1. The van der Waals surface area contributed by atoms with Crippen LogP contribution in [0.2, 0.25) is 0 Å². The molecule has 0 aliphatic rings. The zero-order valence-electron chi connectivity index (χ0n) is 25.1. The molecule has 0 spiro atoms. The second kappa shape index (κ2) is 14.5. The maximum atomic E-state index is 13.4. The van der Waals surface area contributed by atoms with Gasteiger partial charge in [0.1, 0.15) is 17.2 Å². The van der Waals surface area contributed by atoms with Crippen LogP contribution >= 0.6 is 0 Å². The van der Waals surface area contributed by atoms with Gasteiger partial charge in [0.05, 0.1) is 23.3 Å². The fourth-order valence-corrected chi connectivity index (χ4v) is 5.62. The summed E-state index contributed by atoms with van der Waals surface area (Å²) in [7, 11) is -0.700. The van der Waals surface area contributed by atoms with Crippen LogP contribution in [-0.2, 0) is 29.3 Å². The van der Waals surface area contributed by atoms with Crippen LogP contribution < -0.4 is 19.1 Å². The Bertz CT molecular complexity index is 1830. The Morgan fingerprint density at radius 3 is 2.13 bits per heavy atom. The maximum absolute atomic E-state index is 13.4. The number of aryl methyl sites for hydroxylation is 2. The molecule has 0 aliphatic carbocycles. The molecule has 0 saturated heterocycles. The molecule has 0 bridgehead atoms. The third-order valence-electron chi connectivity index (χ3n) is 7.14. The van der Waals surface area contributed by atoms with Gasteiger partial charge in [0, 0.05) is 19.8 Å². The summed E-state index contributed by atoms with van der Waals surface area (Å²) in [6, 6.07) is 32.7. The van der Waals surface area contributed by atoms with E-state index in [0.717, 1.165) is 17.7 Å². The summed E-state index contributed by atoms with van der Waals surface area (Å²) < 4.78 is 39.7. The minimum atomic E-state index is -4.19. The first-order chi connectivity index (χ1) is 21.8. The van der Waals surface area contributed by atoms with Crippen molar-refractivity contribution >= 4 is 21.9 Å². The molecule has 1 aromatic heterocycles. The Balaban J connectivity index is 1.34. The van der Waals surface area contributed by atoms with Gasteiger partial charge in [0.25, 0.3) is 15.9 Å². The second-order valence-corrected chi connectivity index (χ2v) is 12.0. The molecule has 0 saturated carbocycles. The van der Waals surface area contributed by atoms with Crippen molar-refractivity contribution < 1.29 is 22.7 Å². The highest BCUT2D eigenvalue weighted by molar-refractivity contribution is 7.90. The third kappa shape index (κ3) is 8.45. The number of nitrogens with zero attached hydrogens (tertiary/aromatic N) is 3. The first-order valence-electron chi connectivity index (χ1n) is 14.4. The monoisotopic (exact) mass is 622 g/mol. The van der Waals surface area contributed by atoms with E-state index in [1.165, 1.54) is 36.0 Å². The van der Waals surface area contributed by atoms with Crippen LogP contribution in [0.1, 0.15) is 27.2 Å². The molecule has 230 valence electrons. The van der Waals surface area contributed by atoms with E-state index in [1.54, 1.807) is 19.2 Å². The molecule has 0 atom stereocenters. The number of carbonyl (C=O) groups excluding carboxylic acids is 1. The van der Waals surface area contributed by atoms with Gasteiger partial charge < -0.3 is 14.4 Å². The molecule has 0 aliphatic heterocycles. The van der Waals surface area contributed by atoms with Crippen LogP contribution in [-0.4, -0.2) is 45.0 Å². The van der Waals surface area contributed by atoms with Crippen molar-refractivity contribution in [3.8, 4) is 17.2 Å². The van der Waals surface area contributed by atoms with E-state index in [9.17, 15) is 13.2 Å². The number of hydrogen-bond acceptors (Lipinski definition) is 8. The summed E-state index contributed by atoms with van der Waals surface area (Å²) in [6.07, 6.45) is 3.11. The molecule has 5 rings (SSSR count). The van der Waals surface area contributed by atoms with Crippen LogP contribution in [0.25, 0.3) is 0 Å². The summed E-state index contributed by atoms with van der Waals surface area (Å²) in [5.74, 6) is 1.45. The number of benzene rings is 4. The predicted octanol–water partition coefficient (Wildman–Crippen LogP) is 5.86. The summed E-state index contributed by atoms with van der Waals surface area (Å²) in [6.45, 7) is 0.656. The molecule has 9 nitrogen and oxygen atoms in total. The highest BCUT2D eigenvalue weighted by Gasteiger charge is 2.23. The fraction of sp³-hybridized carbons (Fsp3) is 0.171. The lowest BCUT2D eigenvalue weighted by atomic mass is 10.0. The number of amides is 1. The lowest BCUT2D eigenvalue weighted by Crippen LogP contribution is -2.32.